The van der Waals surface area contributed by atoms with Gasteiger partial charge in [0.1, 0.15) is 0 Å². The molecule has 0 fully saturated rings. The van der Waals surface area contributed by atoms with Crippen LogP contribution in [0.25, 0.3) is 0 Å². The average Bonchev–Trinajstić information content (AvgIpc) is 2.25. The van der Waals surface area contributed by atoms with Crippen LogP contribution in [0.2, 0.25) is 0 Å². The van der Waals surface area contributed by atoms with Crippen LogP contribution in [-0.4, -0.2) is 5.91 Å². The van der Waals surface area contributed by atoms with Gasteiger partial charge in [0.15, 0.2) is 0 Å². The summed E-state index contributed by atoms with van der Waals surface area (Å²) < 4.78 is 38.9. The van der Waals surface area contributed by atoms with Crippen molar-refractivity contribution in [3.05, 3.63) is 34.4 Å². The maximum Gasteiger partial charge on any atom is 0.417 e. The number of halogens is 3. The summed E-state index contributed by atoms with van der Waals surface area (Å²) in [7, 11) is 0. The standard InChI is InChI=1S/C12H14F3NO/c1-3-7-5-6-9(11(16)17)10(8(7)4-2)12(13,14)15/h5-6H,3-4H2,1-2H3,(H2,16,17). The van der Waals surface area contributed by atoms with Crippen LogP contribution in [0.3, 0.4) is 0 Å². The van der Waals surface area contributed by atoms with Crippen molar-refractivity contribution in [1.82, 2.24) is 0 Å². The van der Waals surface area contributed by atoms with Gasteiger partial charge in [-0.25, -0.2) is 0 Å². The summed E-state index contributed by atoms with van der Waals surface area (Å²) in [5.74, 6) is -1.05. The molecule has 5 heteroatoms. The molecule has 0 unspecified atom stereocenters. The second-order valence-corrected chi connectivity index (χ2v) is 3.69. The number of nitrogens with two attached hydrogens (primary N) is 1. The van der Waals surface area contributed by atoms with Gasteiger partial charge in [-0.3, -0.25) is 4.79 Å². The van der Waals surface area contributed by atoms with Crippen molar-refractivity contribution in [3.8, 4) is 0 Å². The Labute approximate surface area is 97.6 Å². The smallest absolute Gasteiger partial charge is 0.366 e. The molecule has 2 N–H and O–H groups in total. The number of carbonyl (C=O) groups is 1. The zero-order valence-electron chi connectivity index (χ0n) is 9.69. The van der Waals surface area contributed by atoms with Crippen LogP contribution in [0.4, 0.5) is 13.2 Å². The van der Waals surface area contributed by atoms with Gasteiger partial charge in [-0.2, -0.15) is 13.2 Å². The molecule has 0 aromatic heterocycles. The van der Waals surface area contributed by atoms with Crippen molar-refractivity contribution in [2.45, 2.75) is 32.9 Å². The van der Waals surface area contributed by atoms with Crippen LogP contribution in [0.15, 0.2) is 12.1 Å². The molecule has 0 radical (unpaired) electrons. The SMILES string of the molecule is CCc1ccc(C(N)=O)c(C(F)(F)F)c1CC. The van der Waals surface area contributed by atoms with Gasteiger partial charge in [0.25, 0.3) is 0 Å². The highest BCUT2D eigenvalue weighted by Crippen LogP contribution is 2.36. The van der Waals surface area contributed by atoms with Gasteiger partial charge in [-0.15, -0.1) is 0 Å². The summed E-state index contributed by atoms with van der Waals surface area (Å²) in [6, 6.07) is 2.69. The van der Waals surface area contributed by atoms with Crippen LogP contribution < -0.4 is 5.73 Å². The van der Waals surface area contributed by atoms with Gasteiger partial charge >= 0.3 is 6.18 Å². The predicted octanol–water partition coefficient (Wildman–Crippen LogP) is 2.93. The lowest BCUT2D eigenvalue weighted by Crippen LogP contribution is -2.21. The fourth-order valence-corrected chi connectivity index (χ4v) is 1.96. The van der Waals surface area contributed by atoms with E-state index in [-0.39, 0.29) is 12.0 Å². The third-order valence-electron chi connectivity index (χ3n) is 2.69. The Balaban J connectivity index is 3.62. The van der Waals surface area contributed by atoms with Gasteiger partial charge < -0.3 is 5.73 Å². The van der Waals surface area contributed by atoms with E-state index in [4.69, 9.17) is 5.73 Å². The molecule has 0 aliphatic rings. The van der Waals surface area contributed by atoms with Crippen molar-refractivity contribution in [3.63, 3.8) is 0 Å². The number of alkyl halides is 3. The van der Waals surface area contributed by atoms with Crippen LogP contribution >= 0.6 is 0 Å². The van der Waals surface area contributed by atoms with Crippen molar-refractivity contribution >= 4 is 5.91 Å². The second kappa shape index (κ2) is 4.77. The number of benzene rings is 1. The normalized spacial score (nSPS) is 11.6. The molecule has 1 rings (SSSR count). The van der Waals surface area contributed by atoms with Crippen molar-refractivity contribution in [1.29, 1.82) is 0 Å². The van der Waals surface area contributed by atoms with E-state index in [0.29, 0.717) is 12.0 Å². The maximum absolute atomic E-state index is 13.0. The number of primary amides is 1. The number of hydrogen-bond donors (Lipinski definition) is 1. The van der Waals surface area contributed by atoms with E-state index in [2.05, 4.69) is 0 Å². The third kappa shape index (κ3) is 2.60. The minimum Gasteiger partial charge on any atom is -0.366 e. The van der Waals surface area contributed by atoms with Crippen molar-refractivity contribution in [2.75, 3.05) is 0 Å². The molecule has 94 valence electrons. The van der Waals surface area contributed by atoms with Crippen molar-refractivity contribution in [2.24, 2.45) is 5.73 Å². The zero-order valence-corrected chi connectivity index (χ0v) is 9.69. The zero-order chi connectivity index (χ0) is 13.2. The fourth-order valence-electron chi connectivity index (χ4n) is 1.96. The molecule has 0 aliphatic heterocycles. The monoisotopic (exact) mass is 245 g/mol. The summed E-state index contributed by atoms with van der Waals surface area (Å²) >= 11 is 0. The van der Waals surface area contributed by atoms with E-state index in [0.717, 1.165) is 6.07 Å². The highest BCUT2D eigenvalue weighted by atomic mass is 19.4. The van der Waals surface area contributed by atoms with Gasteiger partial charge in [0.05, 0.1) is 11.1 Å². The molecule has 1 aromatic rings. The number of rotatable bonds is 3. The molecule has 0 aliphatic carbocycles. The molecule has 0 atom stereocenters. The Hall–Kier alpha value is -1.52. The maximum atomic E-state index is 13.0. The van der Waals surface area contributed by atoms with Gasteiger partial charge in [-0.1, -0.05) is 19.9 Å². The van der Waals surface area contributed by atoms with Crippen LogP contribution in [-0.2, 0) is 19.0 Å². The molecule has 0 bridgehead atoms. The van der Waals surface area contributed by atoms with Crippen LogP contribution in [0, 0.1) is 0 Å². The third-order valence-corrected chi connectivity index (χ3v) is 2.69. The molecule has 1 aromatic carbocycles. The fraction of sp³-hybridized carbons (Fsp3) is 0.417. The van der Waals surface area contributed by atoms with Gasteiger partial charge in [0, 0.05) is 0 Å². The molecule has 2 nitrogen and oxygen atoms in total. The lowest BCUT2D eigenvalue weighted by Gasteiger charge is -2.18. The summed E-state index contributed by atoms with van der Waals surface area (Å²) in [4.78, 5) is 11.1. The predicted molar refractivity (Wildman–Crippen MR) is 58.7 cm³/mol. The van der Waals surface area contributed by atoms with E-state index >= 15 is 0 Å². The minimum atomic E-state index is -4.55. The molecule has 17 heavy (non-hydrogen) atoms. The summed E-state index contributed by atoms with van der Waals surface area (Å²) in [5, 5.41) is 0. The largest absolute Gasteiger partial charge is 0.417 e. The Bertz CT molecular complexity index is 438. The van der Waals surface area contributed by atoms with E-state index in [1.54, 1.807) is 13.8 Å². The first kappa shape index (κ1) is 13.5. The van der Waals surface area contributed by atoms with E-state index in [1.165, 1.54) is 6.07 Å². The van der Waals surface area contributed by atoms with Gasteiger partial charge in [-0.05, 0) is 30.0 Å². The lowest BCUT2D eigenvalue weighted by atomic mass is 9.92. The number of aryl methyl sites for hydroxylation is 1. The van der Waals surface area contributed by atoms with E-state index in [9.17, 15) is 18.0 Å². The van der Waals surface area contributed by atoms with Crippen molar-refractivity contribution < 1.29 is 18.0 Å². The molecular formula is C12H14F3NO. The Kier molecular flexibility index (Phi) is 3.80. The Morgan fingerprint density at radius 3 is 2.18 bits per heavy atom. The molecular weight excluding hydrogens is 231 g/mol. The average molecular weight is 245 g/mol. The summed E-state index contributed by atoms with van der Waals surface area (Å²) in [5.41, 5.74) is 4.42. The quantitative estimate of drug-likeness (QED) is 0.874. The first-order valence-electron chi connectivity index (χ1n) is 5.34. The molecule has 0 heterocycles. The molecule has 0 saturated carbocycles. The van der Waals surface area contributed by atoms with E-state index in [1.807, 2.05) is 0 Å². The lowest BCUT2D eigenvalue weighted by molar-refractivity contribution is -0.138. The number of amides is 1. The highest BCUT2D eigenvalue weighted by molar-refractivity contribution is 5.95. The first-order valence-corrected chi connectivity index (χ1v) is 5.34. The number of carbonyl (C=O) groups excluding carboxylic acids is 1. The first-order chi connectivity index (χ1) is 7.82. The molecule has 1 amide bonds. The Morgan fingerprint density at radius 2 is 1.82 bits per heavy atom. The molecule has 0 spiro atoms. The minimum absolute atomic E-state index is 0.163. The van der Waals surface area contributed by atoms with Gasteiger partial charge in [0.2, 0.25) is 5.91 Å². The topological polar surface area (TPSA) is 43.1 Å². The van der Waals surface area contributed by atoms with Crippen LogP contribution in [0.5, 0.6) is 0 Å². The summed E-state index contributed by atoms with van der Waals surface area (Å²) in [6.07, 6.45) is -3.84. The van der Waals surface area contributed by atoms with Crippen LogP contribution in [0.1, 0.15) is 40.9 Å². The Morgan fingerprint density at radius 1 is 1.24 bits per heavy atom. The highest BCUT2D eigenvalue weighted by Gasteiger charge is 2.37. The van der Waals surface area contributed by atoms with E-state index < -0.39 is 23.2 Å². The molecule has 0 saturated heterocycles. The number of hydrogen-bond acceptors (Lipinski definition) is 1. The second-order valence-electron chi connectivity index (χ2n) is 3.69. The summed E-state index contributed by atoms with van der Waals surface area (Å²) in [6.45, 7) is 3.41.